The number of carbonyl (C=O) groups is 3. The van der Waals surface area contributed by atoms with E-state index in [1.165, 1.54) is 0 Å². The van der Waals surface area contributed by atoms with Crippen LogP contribution in [0.1, 0.15) is 40.4 Å². The quantitative estimate of drug-likeness (QED) is 0.424. The lowest BCUT2D eigenvalue weighted by atomic mass is 10.0. The van der Waals surface area contributed by atoms with Gasteiger partial charge in [-0.1, -0.05) is 18.2 Å². The second kappa shape index (κ2) is 11.0. The van der Waals surface area contributed by atoms with Crippen molar-refractivity contribution in [3.63, 3.8) is 0 Å². The van der Waals surface area contributed by atoms with Gasteiger partial charge >= 0.3 is 0 Å². The van der Waals surface area contributed by atoms with Crippen molar-refractivity contribution >= 4 is 49.1 Å². The molecule has 3 aromatic rings. The Morgan fingerprint density at radius 2 is 1.85 bits per heavy atom. The van der Waals surface area contributed by atoms with Crippen LogP contribution in [-0.2, 0) is 24.2 Å². The van der Waals surface area contributed by atoms with E-state index in [1.807, 2.05) is 31.2 Å². The van der Waals surface area contributed by atoms with Crippen LogP contribution in [-0.4, -0.2) is 80.7 Å². The second-order valence-corrected chi connectivity index (χ2v) is 13.2. The summed E-state index contributed by atoms with van der Waals surface area (Å²) in [6.45, 7) is 3.31. The molecule has 2 atom stereocenters. The summed E-state index contributed by atoms with van der Waals surface area (Å²) >= 11 is 1.13. The molecule has 1 unspecified atom stereocenters. The molecule has 2 fully saturated rings. The Balaban J connectivity index is 1.33. The minimum absolute atomic E-state index is 0.0122. The minimum Gasteiger partial charge on any atom is -0.375 e. The van der Waals surface area contributed by atoms with E-state index in [4.69, 9.17) is 4.74 Å². The Morgan fingerprint density at radius 3 is 2.51 bits per heavy atom. The molecule has 10 nitrogen and oxygen atoms in total. The third-order valence-electron chi connectivity index (χ3n) is 6.65. The highest BCUT2D eigenvalue weighted by molar-refractivity contribution is 7.91. The van der Waals surface area contributed by atoms with Gasteiger partial charge in [0, 0.05) is 31.0 Å². The Labute approximate surface area is 230 Å². The van der Waals surface area contributed by atoms with Crippen LogP contribution in [0.3, 0.4) is 0 Å². The summed E-state index contributed by atoms with van der Waals surface area (Å²) in [7, 11) is -3.85. The van der Waals surface area contributed by atoms with Crippen LogP contribution < -0.4 is 10.6 Å². The summed E-state index contributed by atoms with van der Waals surface area (Å²) in [5, 5.41) is 3.83. The Kier molecular flexibility index (Phi) is 7.70. The third-order valence-corrected chi connectivity index (χ3v) is 9.18. The number of ether oxygens (including phenoxy) is 1. The minimum atomic E-state index is -3.85. The topological polar surface area (TPSA) is 135 Å². The SMILES string of the molecule is C[C@H]1CN(C(=O)c2ccc(-c3ccc4nc(C(C(=O)NCC(=O)NC5CC5)S(C)(=O)=O)sc4c3)cc2)CCO1. The van der Waals surface area contributed by atoms with Gasteiger partial charge < -0.3 is 20.3 Å². The molecule has 1 saturated heterocycles. The van der Waals surface area contributed by atoms with Crippen molar-refractivity contribution in [3.05, 3.63) is 53.0 Å². The number of aromatic nitrogens is 1. The molecular formula is C27H30N4O6S2. The van der Waals surface area contributed by atoms with E-state index in [2.05, 4.69) is 15.6 Å². The smallest absolute Gasteiger partial charge is 0.254 e. The molecule has 0 bridgehead atoms. The fourth-order valence-corrected chi connectivity index (χ4v) is 7.03. The van der Waals surface area contributed by atoms with Gasteiger partial charge in [-0.2, -0.15) is 0 Å². The molecule has 1 aliphatic carbocycles. The number of carbonyl (C=O) groups excluding carboxylic acids is 3. The molecule has 1 aromatic heterocycles. The predicted molar refractivity (Wildman–Crippen MR) is 148 cm³/mol. The van der Waals surface area contributed by atoms with E-state index in [0.29, 0.717) is 30.8 Å². The average molecular weight is 571 g/mol. The molecule has 3 amide bonds. The first-order valence-electron chi connectivity index (χ1n) is 12.8. The third kappa shape index (κ3) is 6.45. The molecule has 0 radical (unpaired) electrons. The largest absolute Gasteiger partial charge is 0.375 e. The number of nitrogens with zero attached hydrogens (tertiary/aromatic N) is 2. The predicted octanol–water partition coefficient (Wildman–Crippen LogP) is 2.30. The Hall–Kier alpha value is -3.35. The highest BCUT2D eigenvalue weighted by atomic mass is 32.2. The van der Waals surface area contributed by atoms with Crippen LogP contribution in [0.4, 0.5) is 0 Å². The van der Waals surface area contributed by atoms with Crippen LogP contribution in [0.25, 0.3) is 21.3 Å². The van der Waals surface area contributed by atoms with Crippen molar-refractivity contribution in [3.8, 4) is 11.1 Å². The molecule has 2 heterocycles. The molecule has 2 aromatic carbocycles. The molecule has 1 aliphatic heterocycles. The highest BCUT2D eigenvalue weighted by Crippen LogP contribution is 2.33. The number of hydrogen-bond acceptors (Lipinski definition) is 8. The number of thiazole rings is 1. The molecule has 2 aliphatic rings. The number of benzene rings is 2. The van der Waals surface area contributed by atoms with Gasteiger partial charge in [-0.05, 0) is 55.2 Å². The number of hydrogen-bond donors (Lipinski definition) is 2. The van der Waals surface area contributed by atoms with Gasteiger partial charge in [0.25, 0.3) is 5.91 Å². The van der Waals surface area contributed by atoms with Crippen molar-refractivity contribution < 1.29 is 27.5 Å². The first-order chi connectivity index (χ1) is 18.6. The standard InChI is InChI=1S/C27H30N4O6S2/c1-16-15-31(11-12-37-16)27(34)18-5-3-17(4-6-18)19-7-10-21-22(13-19)38-26(30-21)24(39(2,35)36)25(33)28-14-23(32)29-20-8-9-20/h3-7,10,13,16,20,24H,8-9,11-12,14-15H2,1-2H3,(H,28,33)(H,29,32)/t16-,24?/m0/s1. The number of morpholine rings is 1. The van der Waals surface area contributed by atoms with Gasteiger partial charge in [0.1, 0.15) is 5.01 Å². The first kappa shape index (κ1) is 27.2. The van der Waals surface area contributed by atoms with Crippen molar-refractivity contribution in [2.24, 2.45) is 0 Å². The van der Waals surface area contributed by atoms with Crippen molar-refractivity contribution in [1.82, 2.24) is 20.5 Å². The molecule has 206 valence electrons. The summed E-state index contributed by atoms with van der Waals surface area (Å²) in [6, 6.07) is 13.0. The maximum Gasteiger partial charge on any atom is 0.254 e. The lowest BCUT2D eigenvalue weighted by molar-refractivity contribution is -0.126. The molecular weight excluding hydrogens is 540 g/mol. The molecule has 1 saturated carbocycles. The molecule has 0 spiro atoms. The van der Waals surface area contributed by atoms with Gasteiger partial charge in [0.15, 0.2) is 15.1 Å². The number of nitrogens with one attached hydrogen (secondary N) is 2. The molecule has 2 N–H and O–H groups in total. The van der Waals surface area contributed by atoms with Gasteiger partial charge in [0.05, 0.1) is 29.5 Å². The summed E-state index contributed by atoms with van der Waals surface area (Å²) < 4.78 is 31.4. The average Bonchev–Trinajstić information content (AvgIpc) is 3.61. The molecule has 12 heteroatoms. The van der Waals surface area contributed by atoms with E-state index in [9.17, 15) is 22.8 Å². The Morgan fingerprint density at radius 1 is 1.13 bits per heavy atom. The normalized spacial score (nSPS) is 18.5. The highest BCUT2D eigenvalue weighted by Gasteiger charge is 2.34. The maximum atomic E-state index is 12.9. The van der Waals surface area contributed by atoms with Gasteiger partial charge in [-0.3, -0.25) is 14.4 Å². The summed E-state index contributed by atoms with van der Waals surface area (Å²) in [5.41, 5.74) is 2.92. The monoisotopic (exact) mass is 570 g/mol. The summed E-state index contributed by atoms with van der Waals surface area (Å²) in [4.78, 5) is 43.9. The van der Waals surface area contributed by atoms with Gasteiger partial charge in [-0.25, -0.2) is 13.4 Å². The number of amides is 3. The van der Waals surface area contributed by atoms with Crippen molar-refractivity contribution in [2.45, 2.75) is 37.2 Å². The van der Waals surface area contributed by atoms with E-state index in [0.717, 1.165) is 46.3 Å². The zero-order valence-electron chi connectivity index (χ0n) is 21.7. The fraction of sp³-hybridized carbons (Fsp3) is 0.407. The zero-order valence-corrected chi connectivity index (χ0v) is 23.3. The summed E-state index contributed by atoms with van der Waals surface area (Å²) in [6.07, 6.45) is 2.82. The van der Waals surface area contributed by atoms with Crippen molar-refractivity contribution in [1.29, 1.82) is 0 Å². The van der Waals surface area contributed by atoms with E-state index in [-0.39, 0.29) is 35.5 Å². The zero-order chi connectivity index (χ0) is 27.7. The van der Waals surface area contributed by atoms with Crippen LogP contribution >= 0.6 is 11.3 Å². The van der Waals surface area contributed by atoms with Gasteiger partial charge in [0.2, 0.25) is 11.8 Å². The molecule has 5 rings (SSSR count). The maximum absolute atomic E-state index is 12.9. The van der Waals surface area contributed by atoms with E-state index < -0.39 is 21.0 Å². The number of sulfone groups is 1. The fourth-order valence-electron chi connectivity index (χ4n) is 4.48. The Bertz CT molecular complexity index is 1510. The van der Waals surface area contributed by atoms with Crippen LogP contribution in [0, 0.1) is 0 Å². The van der Waals surface area contributed by atoms with Crippen molar-refractivity contribution in [2.75, 3.05) is 32.5 Å². The lowest BCUT2D eigenvalue weighted by Gasteiger charge is -2.31. The van der Waals surface area contributed by atoms with E-state index >= 15 is 0 Å². The van der Waals surface area contributed by atoms with Crippen LogP contribution in [0.5, 0.6) is 0 Å². The first-order valence-corrected chi connectivity index (χ1v) is 15.5. The second-order valence-electron chi connectivity index (χ2n) is 10.0. The summed E-state index contributed by atoms with van der Waals surface area (Å²) in [5.74, 6) is -1.16. The van der Waals surface area contributed by atoms with Crippen LogP contribution in [0.15, 0.2) is 42.5 Å². The number of fused-ring (bicyclic) bond motifs is 1. The van der Waals surface area contributed by atoms with Crippen LogP contribution in [0.2, 0.25) is 0 Å². The lowest BCUT2D eigenvalue weighted by Crippen LogP contribution is -2.44. The van der Waals surface area contributed by atoms with E-state index in [1.54, 1.807) is 23.1 Å². The van der Waals surface area contributed by atoms with Gasteiger partial charge in [-0.15, -0.1) is 11.3 Å². The molecule has 39 heavy (non-hydrogen) atoms. The number of rotatable bonds is 8.